The van der Waals surface area contributed by atoms with E-state index < -0.39 is 11.9 Å². The molecule has 0 saturated heterocycles. The molecule has 0 aliphatic carbocycles. The van der Waals surface area contributed by atoms with Gasteiger partial charge in [-0.05, 0) is 55.0 Å². The van der Waals surface area contributed by atoms with Gasteiger partial charge in [0.15, 0.2) is 0 Å². The predicted molar refractivity (Wildman–Crippen MR) is 115 cm³/mol. The fourth-order valence-electron chi connectivity index (χ4n) is 3.49. The maximum absolute atomic E-state index is 13.8. The van der Waals surface area contributed by atoms with Gasteiger partial charge < -0.3 is 5.73 Å². The molecule has 3 aromatic carbocycles. The molecule has 2 atom stereocenters. The van der Waals surface area contributed by atoms with E-state index in [4.69, 9.17) is 5.73 Å². The van der Waals surface area contributed by atoms with Gasteiger partial charge in [0, 0.05) is 6.04 Å². The maximum Gasteiger partial charge on any atom is 0.239 e. The van der Waals surface area contributed by atoms with Gasteiger partial charge in [0.25, 0.3) is 0 Å². The zero-order chi connectivity index (χ0) is 20.8. The lowest BCUT2D eigenvalue weighted by molar-refractivity contribution is -0.120. The van der Waals surface area contributed by atoms with Crippen molar-refractivity contribution in [2.45, 2.75) is 38.8 Å². The van der Waals surface area contributed by atoms with E-state index in [1.807, 2.05) is 36.4 Å². The number of carbonyl (C=O) groups is 1. The van der Waals surface area contributed by atoms with Crippen molar-refractivity contribution >= 4 is 5.91 Å². The van der Waals surface area contributed by atoms with Crippen LogP contribution >= 0.6 is 0 Å². The molecule has 0 aliphatic heterocycles. The van der Waals surface area contributed by atoms with E-state index in [0.717, 1.165) is 24.0 Å². The minimum absolute atomic E-state index is 0.145. The summed E-state index contributed by atoms with van der Waals surface area (Å²) in [5, 5.41) is 3.42. The van der Waals surface area contributed by atoms with Gasteiger partial charge in [0.1, 0.15) is 11.9 Å². The maximum atomic E-state index is 13.8. The number of aryl methyl sites for hydroxylation is 3. The fourth-order valence-corrected chi connectivity index (χ4v) is 3.49. The van der Waals surface area contributed by atoms with Crippen LogP contribution in [0.2, 0.25) is 0 Å². The molecule has 4 heteroatoms. The van der Waals surface area contributed by atoms with Crippen molar-refractivity contribution in [3.05, 3.63) is 106 Å². The van der Waals surface area contributed by atoms with Crippen LogP contribution in [0.3, 0.4) is 0 Å². The van der Waals surface area contributed by atoms with Crippen LogP contribution in [0.25, 0.3) is 0 Å². The largest absolute Gasteiger partial charge is 0.368 e. The molecule has 0 saturated carbocycles. The Kier molecular flexibility index (Phi) is 6.78. The monoisotopic (exact) mass is 390 g/mol. The lowest BCUT2D eigenvalue weighted by Gasteiger charge is -2.25. The van der Waals surface area contributed by atoms with Gasteiger partial charge in [0.2, 0.25) is 5.91 Å². The van der Waals surface area contributed by atoms with E-state index in [0.29, 0.717) is 5.56 Å². The van der Waals surface area contributed by atoms with Gasteiger partial charge in [0.05, 0.1) is 0 Å². The molecule has 0 aliphatic rings. The molecule has 0 spiro atoms. The van der Waals surface area contributed by atoms with E-state index in [1.54, 1.807) is 13.0 Å². The normalized spacial score (nSPS) is 13.1. The van der Waals surface area contributed by atoms with Crippen LogP contribution in [-0.2, 0) is 11.2 Å². The Labute approximate surface area is 171 Å². The number of halogens is 1. The van der Waals surface area contributed by atoms with Crippen LogP contribution in [0.15, 0.2) is 72.8 Å². The second-order valence-electron chi connectivity index (χ2n) is 7.50. The molecule has 3 rings (SSSR count). The van der Waals surface area contributed by atoms with Crippen molar-refractivity contribution in [2.75, 3.05) is 0 Å². The smallest absolute Gasteiger partial charge is 0.239 e. The summed E-state index contributed by atoms with van der Waals surface area (Å²) in [6.45, 7) is 3.81. The Balaban J connectivity index is 1.87. The third-order valence-electron chi connectivity index (χ3n) is 5.21. The molecule has 3 aromatic rings. The minimum atomic E-state index is -0.621. The van der Waals surface area contributed by atoms with Crippen LogP contribution in [-0.4, -0.2) is 5.91 Å². The molecule has 1 amide bonds. The van der Waals surface area contributed by atoms with E-state index in [2.05, 4.69) is 36.5 Å². The third kappa shape index (κ3) is 5.52. The summed E-state index contributed by atoms with van der Waals surface area (Å²) in [4.78, 5) is 12.2. The van der Waals surface area contributed by atoms with E-state index in [-0.39, 0.29) is 11.9 Å². The Morgan fingerprint density at radius 1 is 0.966 bits per heavy atom. The lowest BCUT2D eigenvalue weighted by atomic mass is 9.95. The molecule has 150 valence electrons. The number of nitrogens with one attached hydrogen (secondary N) is 1. The quantitative estimate of drug-likeness (QED) is 0.573. The number of amides is 1. The van der Waals surface area contributed by atoms with Crippen molar-refractivity contribution in [3.8, 4) is 0 Å². The van der Waals surface area contributed by atoms with Crippen molar-refractivity contribution < 1.29 is 9.18 Å². The van der Waals surface area contributed by atoms with Crippen LogP contribution in [0.5, 0.6) is 0 Å². The minimum Gasteiger partial charge on any atom is -0.368 e. The predicted octanol–water partition coefficient (Wildman–Crippen LogP) is 4.93. The fraction of sp³-hybridized carbons (Fsp3) is 0.240. The first-order valence-corrected chi connectivity index (χ1v) is 9.86. The van der Waals surface area contributed by atoms with Gasteiger partial charge in [-0.25, -0.2) is 4.39 Å². The molecule has 29 heavy (non-hydrogen) atoms. The zero-order valence-corrected chi connectivity index (χ0v) is 16.9. The molecule has 0 aromatic heterocycles. The highest BCUT2D eigenvalue weighted by Crippen LogP contribution is 2.26. The molecule has 3 N–H and O–H groups in total. The molecule has 0 bridgehead atoms. The van der Waals surface area contributed by atoms with E-state index >= 15 is 0 Å². The number of hydrogen-bond donors (Lipinski definition) is 2. The summed E-state index contributed by atoms with van der Waals surface area (Å²) < 4.78 is 13.8. The first-order chi connectivity index (χ1) is 13.9. The molecule has 0 unspecified atom stereocenters. The SMILES string of the molecule is Cc1ccc(CC[C@H](N[C@@H](C(N)=O)c2ccccc2)c2ccc(F)c(C)c2)cc1. The topological polar surface area (TPSA) is 55.1 Å². The van der Waals surface area contributed by atoms with Gasteiger partial charge in [-0.2, -0.15) is 0 Å². The second kappa shape index (κ2) is 9.48. The first kappa shape index (κ1) is 20.7. The summed E-state index contributed by atoms with van der Waals surface area (Å²) in [7, 11) is 0. The van der Waals surface area contributed by atoms with Gasteiger partial charge >= 0.3 is 0 Å². The average molecular weight is 391 g/mol. The molecule has 0 fully saturated rings. The number of rotatable bonds is 8. The van der Waals surface area contributed by atoms with E-state index in [9.17, 15) is 9.18 Å². The average Bonchev–Trinajstić information content (AvgIpc) is 2.72. The summed E-state index contributed by atoms with van der Waals surface area (Å²) in [5.74, 6) is -0.670. The van der Waals surface area contributed by atoms with Crippen LogP contribution in [0.1, 0.15) is 46.3 Å². The van der Waals surface area contributed by atoms with Crippen molar-refractivity contribution in [3.63, 3.8) is 0 Å². The van der Waals surface area contributed by atoms with Crippen LogP contribution < -0.4 is 11.1 Å². The zero-order valence-electron chi connectivity index (χ0n) is 16.9. The van der Waals surface area contributed by atoms with Gasteiger partial charge in [-0.15, -0.1) is 0 Å². The Hall–Kier alpha value is -2.98. The summed E-state index contributed by atoms with van der Waals surface area (Å²) in [6, 6.07) is 22.2. The molecular formula is C25H27FN2O. The second-order valence-corrected chi connectivity index (χ2v) is 7.50. The molecule has 0 heterocycles. The lowest BCUT2D eigenvalue weighted by Crippen LogP contribution is -2.36. The number of hydrogen-bond acceptors (Lipinski definition) is 2. The highest BCUT2D eigenvalue weighted by molar-refractivity contribution is 5.81. The number of nitrogens with two attached hydrogens (primary N) is 1. The number of benzene rings is 3. The number of primary amides is 1. The van der Waals surface area contributed by atoms with Crippen molar-refractivity contribution in [1.82, 2.24) is 5.32 Å². The molecular weight excluding hydrogens is 363 g/mol. The number of carbonyl (C=O) groups excluding carboxylic acids is 1. The third-order valence-corrected chi connectivity index (χ3v) is 5.21. The molecule has 0 radical (unpaired) electrons. The van der Waals surface area contributed by atoms with Crippen LogP contribution in [0, 0.1) is 19.7 Å². The van der Waals surface area contributed by atoms with Crippen molar-refractivity contribution in [2.24, 2.45) is 5.73 Å². The highest BCUT2D eigenvalue weighted by atomic mass is 19.1. The van der Waals surface area contributed by atoms with Gasteiger partial charge in [-0.1, -0.05) is 72.3 Å². The highest BCUT2D eigenvalue weighted by Gasteiger charge is 2.23. The van der Waals surface area contributed by atoms with E-state index in [1.165, 1.54) is 17.2 Å². The Bertz CT molecular complexity index is 954. The summed E-state index contributed by atoms with van der Waals surface area (Å²) in [6.07, 6.45) is 1.58. The van der Waals surface area contributed by atoms with Gasteiger partial charge in [-0.3, -0.25) is 10.1 Å². The molecule has 3 nitrogen and oxygen atoms in total. The Morgan fingerprint density at radius 2 is 1.66 bits per heavy atom. The summed E-state index contributed by atoms with van der Waals surface area (Å²) >= 11 is 0. The standard InChI is InChI=1S/C25H27FN2O/c1-17-8-10-19(11-9-17)12-15-23(21-13-14-22(26)18(2)16-21)28-24(25(27)29)20-6-4-3-5-7-20/h3-11,13-14,16,23-24,28H,12,15H2,1-2H3,(H2,27,29)/t23-,24+/m0/s1. The first-order valence-electron chi connectivity index (χ1n) is 9.86. The van der Waals surface area contributed by atoms with Crippen LogP contribution in [0.4, 0.5) is 4.39 Å². The van der Waals surface area contributed by atoms with Crippen molar-refractivity contribution in [1.29, 1.82) is 0 Å². The summed E-state index contributed by atoms with van der Waals surface area (Å²) in [5.41, 5.74) is 10.5. The Morgan fingerprint density at radius 3 is 2.28 bits per heavy atom.